The third-order valence-electron chi connectivity index (χ3n) is 5.53. The minimum Gasteiger partial charge on any atom is -0.393 e. The Morgan fingerprint density at radius 2 is 2.08 bits per heavy atom. The minimum atomic E-state index is -0.139. The average Bonchev–Trinajstić information content (AvgIpc) is 3.33. The van der Waals surface area contributed by atoms with Crippen molar-refractivity contribution in [1.82, 2.24) is 15.1 Å². The molecule has 0 radical (unpaired) electrons. The van der Waals surface area contributed by atoms with E-state index in [1.165, 1.54) is 19.3 Å². The van der Waals surface area contributed by atoms with Gasteiger partial charge in [-0.05, 0) is 50.4 Å². The van der Waals surface area contributed by atoms with Crippen molar-refractivity contribution in [1.29, 1.82) is 0 Å². The molecule has 2 aliphatic carbocycles. The van der Waals surface area contributed by atoms with Crippen LogP contribution in [0.1, 0.15) is 87.2 Å². The monoisotopic (exact) mass is 347 g/mol. The van der Waals surface area contributed by atoms with Crippen LogP contribution in [0, 0.1) is 11.8 Å². The molecule has 0 aromatic carbocycles. The molecule has 2 unspecified atom stereocenters. The van der Waals surface area contributed by atoms with Gasteiger partial charge in [-0.2, -0.15) is 5.10 Å². The summed E-state index contributed by atoms with van der Waals surface area (Å²) in [6.07, 6.45) is 10.3. The first-order valence-corrected chi connectivity index (χ1v) is 10.1. The third kappa shape index (κ3) is 4.84. The smallest absolute Gasteiger partial charge is 0.254 e. The van der Waals surface area contributed by atoms with Gasteiger partial charge in [0.25, 0.3) is 5.91 Å². The zero-order chi connectivity index (χ0) is 17.8. The molecule has 2 saturated carbocycles. The molecular weight excluding hydrogens is 314 g/mol. The lowest BCUT2D eigenvalue weighted by molar-refractivity contribution is 0.0641. The van der Waals surface area contributed by atoms with Crippen molar-refractivity contribution in [2.45, 2.75) is 83.8 Å². The predicted octanol–water partition coefficient (Wildman–Crippen LogP) is 3.48. The maximum atomic E-state index is 12.6. The van der Waals surface area contributed by atoms with Crippen LogP contribution in [0.3, 0.4) is 0 Å². The molecule has 1 amide bonds. The lowest BCUT2D eigenvalue weighted by atomic mass is 9.83. The van der Waals surface area contributed by atoms with Crippen LogP contribution in [0.15, 0.2) is 6.20 Å². The number of carbonyl (C=O) groups excluding carboxylic acids is 1. The maximum Gasteiger partial charge on any atom is 0.254 e. The molecule has 0 bridgehead atoms. The van der Waals surface area contributed by atoms with E-state index in [2.05, 4.69) is 24.3 Å². The summed E-state index contributed by atoms with van der Waals surface area (Å²) >= 11 is 0. The van der Waals surface area contributed by atoms with Crippen LogP contribution in [0.4, 0.5) is 0 Å². The van der Waals surface area contributed by atoms with Crippen LogP contribution < -0.4 is 5.32 Å². The molecule has 2 N–H and O–H groups in total. The highest BCUT2D eigenvalue weighted by molar-refractivity contribution is 5.95. The zero-order valence-corrected chi connectivity index (χ0v) is 15.7. The van der Waals surface area contributed by atoms with Gasteiger partial charge in [0.05, 0.1) is 23.6 Å². The van der Waals surface area contributed by atoms with E-state index in [1.54, 1.807) is 6.20 Å². The average molecular weight is 348 g/mol. The number of amides is 1. The Labute approximate surface area is 151 Å². The van der Waals surface area contributed by atoms with Crippen LogP contribution >= 0.6 is 0 Å². The topological polar surface area (TPSA) is 67.2 Å². The summed E-state index contributed by atoms with van der Waals surface area (Å²) in [5.74, 6) is 1.47. The first kappa shape index (κ1) is 18.4. The Morgan fingerprint density at radius 3 is 2.76 bits per heavy atom. The molecule has 0 spiro atoms. The van der Waals surface area contributed by atoms with Crippen molar-refractivity contribution >= 4 is 5.91 Å². The molecule has 1 aromatic rings. The van der Waals surface area contributed by atoms with Crippen LogP contribution in [-0.2, 0) is 6.54 Å². The second kappa shape index (κ2) is 8.35. The molecule has 5 nitrogen and oxygen atoms in total. The molecule has 2 fully saturated rings. The summed E-state index contributed by atoms with van der Waals surface area (Å²) in [5.41, 5.74) is 1.90. The number of hydrogen-bond acceptors (Lipinski definition) is 3. The fourth-order valence-electron chi connectivity index (χ4n) is 4.03. The zero-order valence-electron chi connectivity index (χ0n) is 15.7. The van der Waals surface area contributed by atoms with E-state index in [0.29, 0.717) is 24.3 Å². The SMILES string of the molecule is CC(C)Cn1ncc(C(=O)NCCCC2CCCCC2O)c1C1CC1. The molecule has 140 valence electrons. The predicted molar refractivity (Wildman–Crippen MR) is 98.6 cm³/mol. The fourth-order valence-corrected chi connectivity index (χ4v) is 4.03. The van der Waals surface area contributed by atoms with Crippen molar-refractivity contribution in [3.8, 4) is 0 Å². The largest absolute Gasteiger partial charge is 0.393 e. The van der Waals surface area contributed by atoms with Crippen molar-refractivity contribution in [3.63, 3.8) is 0 Å². The van der Waals surface area contributed by atoms with Gasteiger partial charge in [0.1, 0.15) is 0 Å². The highest BCUT2D eigenvalue weighted by atomic mass is 16.3. The van der Waals surface area contributed by atoms with Gasteiger partial charge in [-0.3, -0.25) is 9.48 Å². The summed E-state index contributed by atoms with van der Waals surface area (Å²) in [7, 11) is 0. The van der Waals surface area contributed by atoms with Crippen molar-refractivity contribution in [3.05, 3.63) is 17.5 Å². The number of nitrogens with zero attached hydrogens (tertiary/aromatic N) is 2. The van der Waals surface area contributed by atoms with Gasteiger partial charge >= 0.3 is 0 Å². The highest BCUT2D eigenvalue weighted by Crippen LogP contribution is 2.41. The molecule has 1 aromatic heterocycles. The molecule has 0 saturated heterocycles. The number of carbonyl (C=O) groups is 1. The van der Waals surface area contributed by atoms with E-state index in [0.717, 1.165) is 49.9 Å². The summed E-state index contributed by atoms with van der Waals surface area (Å²) < 4.78 is 2.04. The van der Waals surface area contributed by atoms with E-state index >= 15 is 0 Å². The fraction of sp³-hybridized carbons (Fsp3) is 0.800. The number of rotatable bonds is 8. The van der Waals surface area contributed by atoms with Gasteiger partial charge in [-0.25, -0.2) is 0 Å². The van der Waals surface area contributed by atoms with E-state index in [1.807, 2.05) is 4.68 Å². The Hall–Kier alpha value is -1.36. The molecule has 2 aliphatic rings. The molecular formula is C20H33N3O2. The van der Waals surface area contributed by atoms with Crippen molar-refractivity contribution in [2.75, 3.05) is 6.54 Å². The van der Waals surface area contributed by atoms with E-state index in [9.17, 15) is 9.90 Å². The Morgan fingerprint density at radius 1 is 1.32 bits per heavy atom. The van der Waals surface area contributed by atoms with E-state index < -0.39 is 0 Å². The van der Waals surface area contributed by atoms with Gasteiger partial charge < -0.3 is 10.4 Å². The van der Waals surface area contributed by atoms with Gasteiger partial charge in [0, 0.05) is 19.0 Å². The van der Waals surface area contributed by atoms with Crippen LogP contribution in [0.2, 0.25) is 0 Å². The number of aromatic nitrogens is 2. The first-order chi connectivity index (χ1) is 12.1. The van der Waals surface area contributed by atoms with Crippen molar-refractivity contribution in [2.24, 2.45) is 11.8 Å². The highest BCUT2D eigenvalue weighted by Gasteiger charge is 2.32. The Kier molecular flexibility index (Phi) is 6.15. The molecule has 3 rings (SSSR count). The maximum absolute atomic E-state index is 12.6. The summed E-state index contributed by atoms with van der Waals surface area (Å²) in [5, 5.41) is 17.6. The number of hydrogen-bond donors (Lipinski definition) is 2. The molecule has 0 aliphatic heterocycles. The minimum absolute atomic E-state index is 0.0149. The molecule has 25 heavy (non-hydrogen) atoms. The normalized spacial score (nSPS) is 23.8. The third-order valence-corrected chi connectivity index (χ3v) is 5.53. The summed E-state index contributed by atoms with van der Waals surface area (Å²) in [6, 6.07) is 0. The van der Waals surface area contributed by atoms with Gasteiger partial charge in [0.2, 0.25) is 0 Å². The lowest BCUT2D eigenvalue weighted by Crippen LogP contribution is -2.28. The lowest BCUT2D eigenvalue weighted by Gasteiger charge is -2.27. The molecule has 5 heteroatoms. The number of nitrogens with one attached hydrogen (secondary N) is 1. The first-order valence-electron chi connectivity index (χ1n) is 10.1. The Balaban J connectivity index is 1.50. The van der Waals surface area contributed by atoms with Gasteiger partial charge in [-0.1, -0.05) is 26.7 Å². The van der Waals surface area contributed by atoms with E-state index in [4.69, 9.17) is 0 Å². The number of aliphatic hydroxyl groups is 1. The van der Waals surface area contributed by atoms with Crippen LogP contribution in [-0.4, -0.2) is 33.4 Å². The summed E-state index contributed by atoms with van der Waals surface area (Å²) in [4.78, 5) is 12.6. The second-order valence-electron chi connectivity index (χ2n) is 8.30. The van der Waals surface area contributed by atoms with Gasteiger partial charge in [0.15, 0.2) is 0 Å². The molecule has 1 heterocycles. The second-order valence-corrected chi connectivity index (χ2v) is 8.30. The van der Waals surface area contributed by atoms with Gasteiger partial charge in [-0.15, -0.1) is 0 Å². The van der Waals surface area contributed by atoms with E-state index in [-0.39, 0.29) is 12.0 Å². The van der Waals surface area contributed by atoms with Crippen LogP contribution in [0.25, 0.3) is 0 Å². The quantitative estimate of drug-likeness (QED) is 0.708. The van der Waals surface area contributed by atoms with Crippen LogP contribution in [0.5, 0.6) is 0 Å². The number of aliphatic hydroxyl groups excluding tert-OH is 1. The summed E-state index contributed by atoms with van der Waals surface area (Å²) in [6.45, 7) is 5.91. The van der Waals surface area contributed by atoms with Crippen molar-refractivity contribution < 1.29 is 9.90 Å². The molecule has 2 atom stereocenters. The Bertz CT molecular complexity index is 577. The standard InChI is InChI=1S/C20H33N3O2/c1-14(2)13-23-19(16-9-10-16)17(12-22-23)20(25)21-11-5-7-15-6-3-4-8-18(15)24/h12,14-16,18,24H,3-11,13H2,1-2H3,(H,21,25).